The van der Waals surface area contributed by atoms with Crippen molar-refractivity contribution < 1.29 is 9.59 Å². The topological polar surface area (TPSA) is 62.3 Å². The number of amides is 2. The molecule has 1 aliphatic rings. The minimum atomic E-state index is -0.353. The highest BCUT2D eigenvalue weighted by atomic mass is 35.5. The molecule has 0 radical (unpaired) electrons. The molecular formula is C16H16ClN3O2S. The first-order valence-electron chi connectivity index (χ1n) is 7.27. The van der Waals surface area contributed by atoms with Gasteiger partial charge in [-0.3, -0.25) is 9.59 Å². The maximum absolute atomic E-state index is 12.3. The molecule has 1 fully saturated rings. The van der Waals surface area contributed by atoms with E-state index >= 15 is 0 Å². The molecule has 0 bridgehead atoms. The maximum Gasteiger partial charge on any atom is 0.231 e. The summed E-state index contributed by atoms with van der Waals surface area (Å²) in [5, 5.41) is 3.99. The smallest absolute Gasteiger partial charge is 0.231 e. The lowest BCUT2D eigenvalue weighted by atomic mass is 10.1. The Morgan fingerprint density at radius 2 is 2.26 bits per heavy atom. The number of hydrogen-bond acceptors (Lipinski definition) is 4. The number of aromatic nitrogens is 1. The van der Waals surface area contributed by atoms with Crippen LogP contribution in [0.25, 0.3) is 0 Å². The molecule has 2 amide bonds. The molecule has 1 saturated heterocycles. The third-order valence-corrected chi connectivity index (χ3v) is 4.95. The van der Waals surface area contributed by atoms with Gasteiger partial charge < -0.3 is 10.2 Å². The van der Waals surface area contributed by atoms with Crippen LogP contribution in [0.1, 0.15) is 16.9 Å². The Labute approximate surface area is 143 Å². The van der Waals surface area contributed by atoms with Crippen molar-refractivity contribution >= 4 is 39.9 Å². The van der Waals surface area contributed by atoms with E-state index in [9.17, 15) is 9.59 Å². The summed E-state index contributed by atoms with van der Waals surface area (Å²) >= 11 is 7.56. The molecule has 1 atom stereocenters. The van der Waals surface area contributed by atoms with Crippen LogP contribution in [-0.4, -0.2) is 28.2 Å². The fourth-order valence-corrected chi connectivity index (χ4v) is 3.42. The van der Waals surface area contributed by atoms with E-state index in [-0.39, 0.29) is 24.2 Å². The van der Waals surface area contributed by atoms with Gasteiger partial charge in [0.2, 0.25) is 11.8 Å². The predicted molar refractivity (Wildman–Crippen MR) is 90.5 cm³/mol. The van der Waals surface area contributed by atoms with Gasteiger partial charge in [0, 0.05) is 35.6 Å². The molecule has 0 unspecified atom stereocenters. The van der Waals surface area contributed by atoms with E-state index in [2.05, 4.69) is 10.3 Å². The molecule has 2 heterocycles. The third kappa shape index (κ3) is 3.71. The van der Waals surface area contributed by atoms with Crippen molar-refractivity contribution in [1.82, 2.24) is 9.88 Å². The fourth-order valence-electron chi connectivity index (χ4n) is 2.55. The van der Waals surface area contributed by atoms with Crippen LogP contribution in [0.5, 0.6) is 0 Å². The molecule has 7 heteroatoms. The maximum atomic E-state index is 12.3. The summed E-state index contributed by atoms with van der Waals surface area (Å²) in [6.07, 6.45) is 1.93. The molecule has 1 N–H and O–H groups in total. The highest BCUT2D eigenvalue weighted by molar-refractivity contribution is 7.15. The van der Waals surface area contributed by atoms with E-state index in [0.29, 0.717) is 23.2 Å². The zero-order chi connectivity index (χ0) is 16.4. The number of hydrogen-bond donors (Lipinski definition) is 1. The van der Waals surface area contributed by atoms with Crippen LogP contribution in [-0.2, 0) is 16.1 Å². The van der Waals surface area contributed by atoms with E-state index < -0.39 is 0 Å². The second kappa shape index (κ2) is 6.68. The van der Waals surface area contributed by atoms with Crippen LogP contribution in [0.2, 0.25) is 5.02 Å². The zero-order valence-corrected chi connectivity index (χ0v) is 14.2. The number of halogens is 1. The summed E-state index contributed by atoms with van der Waals surface area (Å²) < 4.78 is 0. The minimum Gasteiger partial charge on any atom is -0.337 e. The second-order valence-electron chi connectivity index (χ2n) is 5.53. The molecular weight excluding hydrogens is 334 g/mol. The van der Waals surface area contributed by atoms with Crippen molar-refractivity contribution in [3.8, 4) is 0 Å². The van der Waals surface area contributed by atoms with Gasteiger partial charge in [-0.1, -0.05) is 29.8 Å². The number of thiazole rings is 1. The molecule has 5 nitrogen and oxygen atoms in total. The van der Waals surface area contributed by atoms with Gasteiger partial charge in [0.05, 0.1) is 5.92 Å². The lowest BCUT2D eigenvalue weighted by Gasteiger charge is -2.17. The SMILES string of the molecule is Cc1cnc(NC(=O)[C@@H]2CC(=O)N(Cc3ccccc3Cl)C2)s1. The van der Waals surface area contributed by atoms with Gasteiger partial charge in [0.1, 0.15) is 0 Å². The van der Waals surface area contributed by atoms with E-state index in [0.717, 1.165) is 10.4 Å². The third-order valence-electron chi connectivity index (χ3n) is 3.76. The van der Waals surface area contributed by atoms with E-state index in [1.165, 1.54) is 11.3 Å². The second-order valence-corrected chi connectivity index (χ2v) is 7.17. The van der Waals surface area contributed by atoms with Gasteiger partial charge in [-0.25, -0.2) is 4.98 Å². The monoisotopic (exact) mass is 349 g/mol. The summed E-state index contributed by atoms with van der Waals surface area (Å²) in [6, 6.07) is 7.43. The summed E-state index contributed by atoms with van der Waals surface area (Å²) in [6.45, 7) is 2.76. The molecule has 1 aliphatic heterocycles. The zero-order valence-electron chi connectivity index (χ0n) is 12.6. The number of benzene rings is 1. The molecule has 1 aromatic carbocycles. The van der Waals surface area contributed by atoms with Crippen LogP contribution < -0.4 is 5.32 Å². The van der Waals surface area contributed by atoms with Crippen molar-refractivity contribution in [2.24, 2.45) is 5.92 Å². The largest absolute Gasteiger partial charge is 0.337 e. The number of anilines is 1. The molecule has 0 saturated carbocycles. The first-order chi connectivity index (χ1) is 11.0. The highest BCUT2D eigenvalue weighted by Crippen LogP contribution is 2.25. The standard InChI is InChI=1S/C16H16ClN3O2S/c1-10-7-18-16(23-10)19-15(22)12-6-14(21)20(9-12)8-11-4-2-3-5-13(11)17/h2-5,7,12H,6,8-9H2,1H3,(H,18,19,22)/t12-/m1/s1. The first-order valence-corrected chi connectivity index (χ1v) is 8.47. The Morgan fingerprint density at radius 1 is 1.48 bits per heavy atom. The lowest BCUT2D eigenvalue weighted by Crippen LogP contribution is -2.28. The van der Waals surface area contributed by atoms with E-state index in [1.54, 1.807) is 17.2 Å². The minimum absolute atomic E-state index is 0.0274. The lowest BCUT2D eigenvalue weighted by molar-refractivity contribution is -0.128. The average molecular weight is 350 g/mol. The Balaban J connectivity index is 1.63. The van der Waals surface area contributed by atoms with Gasteiger partial charge in [-0.05, 0) is 18.6 Å². The molecule has 120 valence electrons. The summed E-state index contributed by atoms with van der Waals surface area (Å²) in [4.78, 5) is 31.3. The molecule has 1 aromatic heterocycles. The van der Waals surface area contributed by atoms with Crippen molar-refractivity contribution in [2.45, 2.75) is 19.9 Å². The number of aryl methyl sites for hydroxylation is 1. The van der Waals surface area contributed by atoms with Crippen LogP contribution >= 0.6 is 22.9 Å². The number of nitrogens with zero attached hydrogens (tertiary/aromatic N) is 2. The Hall–Kier alpha value is -1.92. The Kier molecular flexibility index (Phi) is 4.63. The van der Waals surface area contributed by atoms with Crippen LogP contribution in [0.4, 0.5) is 5.13 Å². The van der Waals surface area contributed by atoms with Crippen molar-refractivity contribution in [3.05, 3.63) is 45.9 Å². The number of carbonyl (C=O) groups excluding carboxylic acids is 2. The number of carbonyl (C=O) groups is 2. The number of likely N-dealkylation sites (tertiary alicyclic amines) is 1. The van der Waals surface area contributed by atoms with Gasteiger partial charge in [-0.2, -0.15) is 0 Å². The van der Waals surface area contributed by atoms with Crippen LogP contribution in [0.15, 0.2) is 30.5 Å². The summed E-state index contributed by atoms with van der Waals surface area (Å²) in [5.74, 6) is -0.538. The van der Waals surface area contributed by atoms with Crippen molar-refractivity contribution in [1.29, 1.82) is 0 Å². The van der Waals surface area contributed by atoms with Crippen LogP contribution in [0, 0.1) is 12.8 Å². The summed E-state index contributed by atoms with van der Waals surface area (Å²) in [5.41, 5.74) is 0.888. The molecule has 0 aliphatic carbocycles. The van der Waals surface area contributed by atoms with Crippen LogP contribution in [0.3, 0.4) is 0 Å². The van der Waals surface area contributed by atoms with E-state index in [4.69, 9.17) is 11.6 Å². The highest BCUT2D eigenvalue weighted by Gasteiger charge is 2.34. The molecule has 0 spiro atoms. The molecule has 3 rings (SSSR count). The van der Waals surface area contributed by atoms with Gasteiger partial charge in [0.25, 0.3) is 0 Å². The quantitative estimate of drug-likeness (QED) is 0.922. The summed E-state index contributed by atoms with van der Waals surface area (Å²) in [7, 11) is 0. The first kappa shape index (κ1) is 16.0. The fraction of sp³-hybridized carbons (Fsp3) is 0.312. The van der Waals surface area contributed by atoms with Gasteiger partial charge >= 0.3 is 0 Å². The Morgan fingerprint density at radius 3 is 2.96 bits per heavy atom. The van der Waals surface area contributed by atoms with Crippen molar-refractivity contribution in [2.75, 3.05) is 11.9 Å². The predicted octanol–water partition coefficient (Wildman–Crippen LogP) is 3.09. The molecule has 2 aromatic rings. The van der Waals surface area contributed by atoms with E-state index in [1.807, 2.05) is 25.1 Å². The van der Waals surface area contributed by atoms with Gasteiger partial charge in [0.15, 0.2) is 5.13 Å². The molecule has 23 heavy (non-hydrogen) atoms. The Bertz CT molecular complexity index is 746. The van der Waals surface area contributed by atoms with Crippen molar-refractivity contribution in [3.63, 3.8) is 0 Å². The average Bonchev–Trinajstić information content (AvgIpc) is 3.08. The number of nitrogens with one attached hydrogen (secondary N) is 1. The number of rotatable bonds is 4. The van der Waals surface area contributed by atoms with Gasteiger partial charge in [-0.15, -0.1) is 11.3 Å². The normalized spacial score (nSPS) is 17.6.